The van der Waals surface area contributed by atoms with Gasteiger partial charge in [-0.3, -0.25) is 0 Å². The average Bonchev–Trinajstić information content (AvgIpc) is 0.907. The lowest BCUT2D eigenvalue weighted by Crippen LogP contribution is -2.27. The van der Waals surface area contributed by atoms with E-state index in [9.17, 15) is 15.3 Å². The fourth-order valence-corrected chi connectivity index (χ4v) is 13.0. The summed E-state index contributed by atoms with van der Waals surface area (Å²) in [4.78, 5) is 0. The van der Waals surface area contributed by atoms with Crippen LogP contribution in [0, 0.1) is 0 Å². The highest BCUT2D eigenvalue weighted by Gasteiger charge is 2.18. The van der Waals surface area contributed by atoms with Crippen LogP contribution >= 0.6 is 0 Å². The van der Waals surface area contributed by atoms with E-state index in [2.05, 4.69) is 130 Å². The third-order valence-electron chi connectivity index (χ3n) is 19.0. The Morgan fingerprint density at radius 2 is 0.634 bits per heavy atom. The van der Waals surface area contributed by atoms with E-state index in [0.717, 1.165) is 59.6 Å². The first-order chi connectivity index (χ1) is 49.7. The molecule has 1 aliphatic rings. The van der Waals surface area contributed by atoms with Crippen molar-refractivity contribution in [1.82, 2.24) is 0 Å². The summed E-state index contributed by atoms with van der Waals surface area (Å²) in [5.41, 5.74) is 8.15. The van der Waals surface area contributed by atoms with Crippen molar-refractivity contribution in [3.05, 3.63) is 209 Å². The summed E-state index contributed by atoms with van der Waals surface area (Å²) >= 11 is 0. The second-order valence-electron chi connectivity index (χ2n) is 28.6. The predicted molar refractivity (Wildman–Crippen MR) is 424 cm³/mol. The van der Waals surface area contributed by atoms with Crippen LogP contribution in [0.4, 0.5) is 0 Å². The Labute approximate surface area is 613 Å². The molecule has 101 heavy (non-hydrogen) atoms. The molecule has 0 saturated heterocycles. The van der Waals surface area contributed by atoms with Crippen molar-refractivity contribution in [2.24, 2.45) is 0 Å². The third kappa shape index (κ3) is 40.9. The Hall–Kier alpha value is -6.36. The fraction of sp³-hybridized carbons (Fsp3) is 0.565. The average molecular weight is 1380 g/mol. The highest BCUT2D eigenvalue weighted by molar-refractivity contribution is 5.41. The lowest BCUT2D eigenvalue weighted by molar-refractivity contribution is -0.00929. The van der Waals surface area contributed by atoms with Crippen LogP contribution in [-0.2, 0) is 36.8 Å². The van der Waals surface area contributed by atoms with E-state index in [4.69, 9.17) is 28.4 Å². The summed E-state index contributed by atoms with van der Waals surface area (Å²) in [6.07, 6.45) is 64.7. The first kappa shape index (κ1) is 83.6. The fourth-order valence-electron chi connectivity index (χ4n) is 13.0. The Morgan fingerprint density at radius 1 is 0.327 bits per heavy atom. The normalized spacial score (nSPS) is 14.1. The van der Waals surface area contributed by atoms with Gasteiger partial charge in [0.2, 0.25) is 0 Å². The molecule has 4 unspecified atom stereocenters. The number of ether oxygens (including phenoxy) is 6. The minimum absolute atomic E-state index is 0.0637. The Morgan fingerprint density at radius 3 is 1.02 bits per heavy atom. The second kappa shape index (κ2) is 55.2. The van der Waals surface area contributed by atoms with E-state index >= 15 is 0 Å². The molecule has 0 bridgehead atoms. The van der Waals surface area contributed by atoms with E-state index in [1.807, 2.05) is 60.7 Å². The van der Waals surface area contributed by atoms with Crippen molar-refractivity contribution in [3.8, 4) is 28.7 Å². The van der Waals surface area contributed by atoms with Crippen LogP contribution in [0.5, 0.6) is 28.7 Å². The molecule has 0 amide bonds. The van der Waals surface area contributed by atoms with Gasteiger partial charge in [0.25, 0.3) is 0 Å². The molecule has 0 spiro atoms. The van der Waals surface area contributed by atoms with E-state index in [0.29, 0.717) is 30.8 Å². The van der Waals surface area contributed by atoms with Crippen LogP contribution in [-0.4, -0.2) is 79.4 Å². The van der Waals surface area contributed by atoms with Gasteiger partial charge in [0.15, 0.2) is 0 Å². The molecule has 0 aliphatic heterocycles. The summed E-state index contributed by atoms with van der Waals surface area (Å²) in [7, 11) is 0. The maximum atomic E-state index is 11.3. The van der Waals surface area contributed by atoms with Gasteiger partial charge in [-0.1, -0.05) is 270 Å². The molecule has 5 aromatic carbocycles. The zero-order valence-corrected chi connectivity index (χ0v) is 63.1. The maximum absolute atomic E-state index is 11.3. The van der Waals surface area contributed by atoms with Gasteiger partial charge in [-0.2, -0.15) is 0 Å². The first-order valence-corrected chi connectivity index (χ1v) is 40.3. The number of allylic oxidation sites excluding steroid dienone is 8. The Balaban J connectivity index is 0.955. The molecule has 1 aliphatic carbocycles. The predicted octanol–water partition coefficient (Wildman–Crippen LogP) is 23.4. The van der Waals surface area contributed by atoms with E-state index in [1.165, 1.54) is 228 Å². The van der Waals surface area contributed by atoms with Gasteiger partial charge in [0, 0.05) is 0 Å². The van der Waals surface area contributed by atoms with Gasteiger partial charge in [-0.15, -0.1) is 0 Å². The molecule has 0 radical (unpaired) electrons. The number of aliphatic hydroxyl groups is 3. The first-order valence-electron chi connectivity index (χ1n) is 40.3. The van der Waals surface area contributed by atoms with Crippen molar-refractivity contribution < 1.29 is 43.7 Å². The summed E-state index contributed by atoms with van der Waals surface area (Å²) in [5.74, 6) is 3.64. The van der Waals surface area contributed by atoms with Gasteiger partial charge in [-0.05, 0) is 210 Å². The number of benzene rings is 5. The van der Waals surface area contributed by atoms with Crippen molar-refractivity contribution in [2.75, 3.05) is 39.6 Å². The minimum atomic E-state index is -0.854. The number of unbranched alkanes of at least 4 members (excludes halogenated alkanes) is 27. The van der Waals surface area contributed by atoms with Crippen LogP contribution in [0.2, 0.25) is 0 Å². The van der Waals surface area contributed by atoms with Gasteiger partial charge in [0.1, 0.15) is 80.1 Å². The molecule has 9 heteroatoms. The van der Waals surface area contributed by atoms with Crippen LogP contribution in [0.15, 0.2) is 176 Å². The van der Waals surface area contributed by atoms with E-state index < -0.39 is 18.3 Å². The standard InChI is InChI=1S/C92H134O9/c1-4-7-10-13-16-19-22-25-28-31-34-37-40-48-77-51-43-56-87(64-77)96-71-84(93)73-99-90-59-46-54-80(67-90)61-82-63-83(70-92(69-82)101-76-86(95)75-98-89-58-45-53-79(66-89)50-42-39-36-33-30-27-24-21-18-15-12-9-6-3)62-81-55-47-60-91(68-81)100-74-85(94)72-97-88-57-44-52-78(65-88)49-41-38-35-32-29-26-23-20-17-14-11-8-5-2/h13-18,43-47,51-60,63-67,69-70,84-86,91,93-95H,4-12,19-42,48-50,61-62,68,71-76H2,1-3H3/b16-13+,17-14+,18-15+. The molecule has 0 saturated carbocycles. The molecule has 9 nitrogen and oxygen atoms in total. The third-order valence-corrected chi connectivity index (χ3v) is 19.0. The Bertz CT molecular complexity index is 3050. The number of aliphatic hydroxyl groups excluding tert-OH is 3. The number of aryl methyl sites for hydroxylation is 3. The second-order valence-corrected chi connectivity index (χ2v) is 28.6. The molecule has 5 aromatic rings. The SMILES string of the molecule is CCCC/C=C/CCCCCCCCCc1cccc(OCC(O)COc2cccc(Cc3cc(CC4=CC=CC(OCC(O)COc5cccc(CCCCCCCCC/C=C/CCCC)c5)C4)cc(OCC(O)COc4cccc(CCCCCCCCC/C=C/CCCC)c4)c3)c2)c1. The molecule has 0 fully saturated rings. The molecule has 0 aromatic heterocycles. The van der Waals surface area contributed by atoms with Crippen molar-refractivity contribution in [1.29, 1.82) is 0 Å². The monoisotopic (exact) mass is 1380 g/mol. The van der Waals surface area contributed by atoms with Crippen LogP contribution < -0.4 is 23.7 Å². The lowest BCUT2D eigenvalue weighted by Gasteiger charge is -2.22. The molecule has 3 N–H and O–H groups in total. The van der Waals surface area contributed by atoms with Crippen LogP contribution in [0.25, 0.3) is 0 Å². The van der Waals surface area contributed by atoms with Gasteiger partial charge in [-0.25, -0.2) is 0 Å². The zero-order chi connectivity index (χ0) is 71.1. The largest absolute Gasteiger partial charge is 0.491 e. The van der Waals surface area contributed by atoms with Gasteiger partial charge >= 0.3 is 0 Å². The van der Waals surface area contributed by atoms with Crippen molar-refractivity contribution in [2.45, 2.75) is 296 Å². The molecule has 0 heterocycles. The number of rotatable bonds is 61. The van der Waals surface area contributed by atoms with Crippen molar-refractivity contribution >= 4 is 0 Å². The van der Waals surface area contributed by atoms with Gasteiger partial charge < -0.3 is 43.7 Å². The minimum Gasteiger partial charge on any atom is -0.491 e. The Kier molecular flexibility index (Phi) is 45.7. The summed E-state index contributed by atoms with van der Waals surface area (Å²) in [5, 5.41) is 33.4. The quantitative estimate of drug-likeness (QED) is 0.0259. The summed E-state index contributed by atoms with van der Waals surface area (Å²) in [6.45, 7) is 7.45. The summed E-state index contributed by atoms with van der Waals surface area (Å²) < 4.78 is 37.3. The molecule has 4 atom stereocenters. The van der Waals surface area contributed by atoms with Crippen LogP contribution in [0.1, 0.15) is 272 Å². The zero-order valence-electron chi connectivity index (χ0n) is 63.1. The van der Waals surface area contributed by atoms with E-state index in [-0.39, 0.29) is 45.7 Å². The van der Waals surface area contributed by atoms with E-state index in [1.54, 1.807) is 0 Å². The lowest BCUT2D eigenvalue weighted by atomic mass is 9.94. The molecular formula is C92H134O9. The van der Waals surface area contributed by atoms with Gasteiger partial charge in [0.05, 0.1) is 12.7 Å². The molecule has 6 rings (SSSR count). The highest BCUT2D eigenvalue weighted by atomic mass is 16.5. The summed E-state index contributed by atoms with van der Waals surface area (Å²) in [6, 6.07) is 39.2. The highest BCUT2D eigenvalue weighted by Crippen LogP contribution is 2.28. The topological polar surface area (TPSA) is 116 Å². The number of hydrogen-bond donors (Lipinski definition) is 3. The molecular weight excluding hydrogens is 1250 g/mol. The molecule has 556 valence electrons. The van der Waals surface area contributed by atoms with Crippen LogP contribution in [0.3, 0.4) is 0 Å². The number of hydrogen-bond acceptors (Lipinski definition) is 9. The maximum Gasteiger partial charge on any atom is 0.122 e. The van der Waals surface area contributed by atoms with Crippen molar-refractivity contribution in [3.63, 3.8) is 0 Å². The smallest absolute Gasteiger partial charge is 0.122 e.